The van der Waals surface area contributed by atoms with Crippen LogP contribution < -0.4 is 0 Å². The molecule has 0 spiro atoms. The Morgan fingerprint density at radius 3 is 2.20 bits per heavy atom. The molecule has 25 heavy (non-hydrogen) atoms. The third-order valence-electron chi connectivity index (χ3n) is 4.44. The summed E-state index contributed by atoms with van der Waals surface area (Å²) in [5, 5.41) is 0. The van der Waals surface area contributed by atoms with Crippen LogP contribution in [0.3, 0.4) is 0 Å². The third kappa shape index (κ3) is 17.3. The molecule has 0 amide bonds. The smallest absolute Gasteiger partial charge is 0.305 e. The van der Waals surface area contributed by atoms with Crippen LogP contribution in [0.1, 0.15) is 97.8 Å². The zero-order chi connectivity index (χ0) is 18.8. The number of hydrogen-bond acceptors (Lipinski definition) is 2. The highest BCUT2D eigenvalue weighted by Crippen LogP contribution is 2.12. The Labute approximate surface area is 156 Å². The van der Waals surface area contributed by atoms with E-state index in [-0.39, 0.29) is 5.97 Å². The lowest BCUT2D eigenvalue weighted by Crippen LogP contribution is -1.99. The molecule has 0 unspecified atom stereocenters. The van der Waals surface area contributed by atoms with Crippen molar-refractivity contribution in [1.29, 1.82) is 0 Å². The number of allylic oxidation sites excluding steroid dienone is 6. The summed E-state index contributed by atoms with van der Waals surface area (Å²) in [6, 6.07) is 0. The third-order valence-corrected chi connectivity index (χ3v) is 4.44. The fourth-order valence-corrected chi connectivity index (χ4v) is 2.67. The van der Waals surface area contributed by atoms with Gasteiger partial charge in [0.25, 0.3) is 0 Å². The monoisotopic (exact) mass is 348 g/mol. The number of unbranched alkanes of at least 4 members (excludes halogenated alkanes) is 6. The lowest BCUT2D eigenvalue weighted by Gasteiger charge is -2.02. The summed E-state index contributed by atoms with van der Waals surface area (Å²) in [6.07, 6.45) is 22.8. The molecule has 0 radical (unpaired) electrons. The normalized spacial score (nSPS) is 12.8. The molecule has 0 saturated heterocycles. The number of carbonyl (C=O) groups is 1. The molecular weight excluding hydrogens is 308 g/mol. The van der Waals surface area contributed by atoms with Crippen molar-refractivity contribution in [3.05, 3.63) is 35.5 Å². The molecule has 0 rings (SSSR count). The number of hydrogen-bond donors (Lipinski definition) is 0. The van der Waals surface area contributed by atoms with E-state index in [9.17, 15) is 4.79 Å². The molecule has 0 bridgehead atoms. The molecule has 0 aliphatic carbocycles. The Kier molecular flexibility index (Phi) is 16.6. The minimum absolute atomic E-state index is 0.0889. The van der Waals surface area contributed by atoms with Crippen LogP contribution in [0.25, 0.3) is 0 Å². The van der Waals surface area contributed by atoms with Crippen molar-refractivity contribution in [2.45, 2.75) is 97.8 Å². The molecule has 2 nitrogen and oxygen atoms in total. The summed E-state index contributed by atoms with van der Waals surface area (Å²) < 4.78 is 4.65. The van der Waals surface area contributed by atoms with E-state index in [1.807, 2.05) is 0 Å². The lowest BCUT2D eigenvalue weighted by molar-refractivity contribution is -0.140. The average molecular weight is 349 g/mol. The minimum atomic E-state index is -0.0889. The second-order valence-corrected chi connectivity index (χ2v) is 7.00. The molecule has 0 heterocycles. The molecule has 0 saturated carbocycles. The maximum atomic E-state index is 11.0. The lowest BCUT2D eigenvalue weighted by atomic mass is 10.1. The van der Waals surface area contributed by atoms with E-state index in [1.165, 1.54) is 63.2 Å². The SMILES string of the molecule is CCCCC/C=C/C/C(C)=C/C/C=C(\C)CCCCCCC(=O)OC. The summed E-state index contributed by atoms with van der Waals surface area (Å²) in [4.78, 5) is 11.0. The van der Waals surface area contributed by atoms with Gasteiger partial charge in [0.2, 0.25) is 0 Å². The first kappa shape index (κ1) is 23.7. The van der Waals surface area contributed by atoms with Gasteiger partial charge in [0.1, 0.15) is 0 Å². The van der Waals surface area contributed by atoms with Crippen LogP contribution in [-0.2, 0) is 9.53 Å². The Morgan fingerprint density at radius 2 is 1.52 bits per heavy atom. The van der Waals surface area contributed by atoms with Crippen molar-refractivity contribution in [2.24, 2.45) is 0 Å². The van der Waals surface area contributed by atoms with Gasteiger partial charge in [-0.15, -0.1) is 0 Å². The van der Waals surface area contributed by atoms with Crippen LogP contribution in [-0.4, -0.2) is 13.1 Å². The Balaban J connectivity index is 3.72. The van der Waals surface area contributed by atoms with E-state index in [0.29, 0.717) is 6.42 Å². The summed E-state index contributed by atoms with van der Waals surface area (Å²) in [5.41, 5.74) is 2.94. The fourth-order valence-electron chi connectivity index (χ4n) is 2.67. The Hall–Kier alpha value is -1.31. The summed E-state index contributed by atoms with van der Waals surface area (Å²) in [6.45, 7) is 6.70. The molecular formula is C23H40O2. The van der Waals surface area contributed by atoms with Gasteiger partial charge in [-0.2, -0.15) is 0 Å². The van der Waals surface area contributed by atoms with Crippen molar-refractivity contribution in [3.63, 3.8) is 0 Å². The van der Waals surface area contributed by atoms with E-state index < -0.39 is 0 Å². The molecule has 144 valence electrons. The number of esters is 1. The van der Waals surface area contributed by atoms with Gasteiger partial charge >= 0.3 is 5.97 Å². The number of ether oxygens (including phenoxy) is 1. The van der Waals surface area contributed by atoms with Crippen LogP contribution in [0.5, 0.6) is 0 Å². The standard InChI is InChI=1S/C23H40O2/c1-5-6-7-8-9-12-16-21(2)18-15-19-22(3)17-13-10-11-14-20-23(24)25-4/h9,12,18-19H,5-8,10-11,13-17,20H2,1-4H3/b12-9+,21-18+,22-19+. The number of carbonyl (C=O) groups excluding carboxylic acids is 1. The second kappa shape index (κ2) is 17.5. The first-order valence-electron chi connectivity index (χ1n) is 10.1. The maximum Gasteiger partial charge on any atom is 0.305 e. The van der Waals surface area contributed by atoms with Gasteiger partial charge in [-0.05, 0) is 58.8 Å². The van der Waals surface area contributed by atoms with Crippen molar-refractivity contribution in [3.8, 4) is 0 Å². The summed E-state index contributed by atoms with van der Waals surface area (Å²) >= 11 is 0. The molecule has 0 fully saturated rings. The van der Waals surface area contributed by atoms with Gasteiger partial charge in [-0.25, -0.2) is 0 Å². The highest BCUT2D eigenvalue weighted by Gasteiger charge is 1.99. The summed E-state index contributed by atoms with van der Waals surface area (Å²) in [5.74, 6) is -0.0889. The van der Waals surface area contributed by atoms with E-state index in [4.69, 9.17) is 0 Å². The first-order valence-corrected chi connectivity index (χ1v) is 10.1. The molecule has 0 aromatic carbocycles. The van der Waals surface area contributed by atoms with Crippen molar-refractivity contribution in [1.82, 2.24) is 0 Å². The zero-order valence-electron chi connectivity index (χ0n) is 17.1. The predicted molar refractivity (Wildman–Crippen MR) is 110 cm³/mol. The van der Waals surface area contributed by atoms with Crippen molar-refractivity contribution >= 4 is 5.97 Å². The van der Waals surface area contributed by atoms with Crippen LogP contribution >= 0.6 is 0 Å². The fraction of sp³-hybridized carbons (Fsp3) is 0.696. The number of rotatable bonds is 15. The largest absolute Gasteiger partial charge is 0.469 e. The first-order chi connectivity index (χ1) is 12.1. The zero-order valence-corrected chi connectivity index (χ0v) is 17.1. The van der Waals surface area contributed by atoms with Gasteiger partial charge in [-0.1, -0.05) is 68.1 Å². The van der Waals surface area contributed by atoms with Gasteiger partial charge in [0, 0.05) is 6.42 Å². The molecule has 0 aliphatic heterocycles. The van der Waals surface area contributed by atoms with Crippen molar-refractivity contribution < 1.29 is 9.53 Å². The summed E-state index contributed by atoms with van der Waals surface area (Å²) in [7, 11) is 1.45. The van der Waals surface area contributed by atoms with E-state index >= 15 is 0 Å². The van der Waals surface area contributed by atoms with Gasteiger partial charge < -0.3 is 4.74 Å². The van der Waals surface area contributed by atoms with Crippen LogP contribution in [0.2, 0.25) is 0 Å². The molecule has 0 aromatic heterocycles. The van der Waals surface area contributed by atoms with Crippen LogP contribution in [0, 0.1) is 0 Å². The number of methoxy groups -OCH3 is 1. The van der Waals surface area contributed by atoms with Crippen LogP contribution in [0.15, 0.2) is 35.5 Å². The molecule has 2 heteroatoms. The van der Waals surface area contributed by atoms with Gasteiger partial charge in [0.05, 0.1) is 7.11 Å². The van der Waals surface area contributed by atoms with E-state index in [0.717, 1.165) is 25.7 Å². The quantitative estimate of drug-likeness (QED) is 0.176. The maximum absolute atomic E-state index is 11.0. The molecule has 0 atom stereocenters. The second-order valence-electron chi connectivity index (χ2n) is 7.00. The molecule has 0 N–H and O–H groups in total. The van der Waals surface area contributed by atoms with Crippen LogP contribution in [0.4, 0.5) is 0 Å². The highest BCUT2D eigenvalue weighted by atomic mass is 16.5. The predicted octanol–water partition coefficient (Wildman–Crippen LogP) is 7.31. The highest BCUT2D eigenvalue weighted by molar-refractivity contribution is 5.68. The van der Waals surface area contributed by atoms with Gasteiger partial charge in [-0.3, -0.25) is 4.79 Å². The molecule has 0 aliphatic rings. The topological polar surface area (TPSA) is 26.3 Å². The van der Waals surface area contributed by atoms with E-state index in [2.05, 4.69) is 49.8 Å². The van der Waals surface area contributed by atoms with E-state index in [1.54, 1.807) is 0 Å². The minimum Gasteiger partial charge on any atom is -0.469 e. The Bertz CT molecular complexity index is 416. The van der Waals surface area contributed by atoms with Crippen molar-refractivity contribution in [2.75, 3.05) is 7.11 Å². The Morgan fingerprint density at radius 1 is 0.840 bits per heavy atom. The van der Waals surface area contributed by atoms with Gasteiger partial charge in [0.15, 0.2) is 0 Å². The molecule has 0 aromatic rings. The average Bonchev–Trinajstić information content (AvgIpc) is 2.60.